The van der Waals surface area contributed by atoms with Crippen molar-refractivity contribution in [2.45, 2.75) is 6.54 Å². The number of rotatable bonds is 3. The first kappa shape index (κ1) is 12.3. The smallest absolute Gasteiger partial charge is 0.164 e. The van der Waals surface area contributed by atoms with Gasteiger partial charge < -0.3 is 5.32 Å². The van der Waals surface area contributed by atoms with Gasteiger partial charge in [0, 0.05) is 23.4 Å². The van der Waals surface area contributed by atoms with E-state index >= 15 is 0 Å². The van der Waals surface area contributed by atoms with Crippen molar-refractivity contribution < 1.29 is 4.39 Å². The summed E-state index contributed by atoms with van der Waals surface area (Å²) >= 11 is 9.01. The van der Waals surface area contributed by atoms with Crippen LogP contribution in [0.25, 0.3) is 0 Å². The van der Waals surface area contributed by atoms with Gasteiger partial charge in [-0.3, -0.25) is 4.98 Å². The van der Waals surface area contributed by atoms with Gasteiger partial charge in [0.1, 0.15) is 0 Å². The number of pyridine rings is 1. The van der Waals surface area contributed by atoms with Gasteiger partial charge in [0.2, 0.25) is 0 Å². The Kier molecular flexibility index (Phi) is 3.97. The number of halogens is 3. The quantitative estimate of drug-likeness (QED) is 0.916. The van der Waals surface area contributed by atoms with Crippen molar-refractivity contribution in [2.24, 2.45) is 0 Å². The molecule has 0 amide bonds. The van der Waals surface area contributed by atoms with Gasteiger partial charge in [-0.05, 0) is 39.7 Å². The molecule has 1 heterocycles. The molecule has 2 nitrogen and oxygen atoms in total. The number of hydrogen-bond acceptors (Lipinski definition) is 2. The highest BCUT2D eigenvalue weighted by molar-refractivity contribution is 9.10. The molecule has 0 aliphatic heterocycles. The van der Waals surface area contributed by atoms with Crippen LogP contribution in [0.1, 0.15) is 5.56 Å². The molecule has 0 bridgehead atoms. The molecule has 1 aromatic carbocycles. The van der Waals surface area contributed by atoms with Crippen molar-refractivity contribution in [1.29, 1.82) is 0 Å². The fourth-order valence-electron chi connectivity index (χ4n) is 1.39. The fraction of sp³-hybridized carbons (Fsp3) is 0.0833. The lowest BCUT2D eigenvalue weighted by Crippen LogP contribution is -2.02. The normalized spacial score (nSPS) is 10.3. The van der Waals surface area contributed by atoms with E-state index in [2.05, 4.69) is 26.2 Å². The van der Waals surface area contributed by atoms with Gasteiger partial charge in [0.25, 0.3) is 0 Å². The van der Waals surface area contributed by atoms with Gasteiger partial charge in [-0.15, -0.1) is 0 Å². The minimum atomic E-state index is -0.433. The van der Waals surface area contributed by atoms with Gasteiger partial charge >= 0.3 is 0 Å². The molecule has 1 aromatic heterocycles. The van der Waals surface area contributed by atoms with Crippen molar-refractivity contribution in [2.75, 3.05) is 5.32 Å². The number of nitrogens with zero attached hydrogens (tertiary/aromatic N) is 1. The Hall–Kier alpha value is -1.13. The van der Waals surface area contributed by atoms with E-state index in [1.807, 2.05) is 6.07 Å². The van der Waals surface area contributed by atoms with E-state index in [9.17, 15) is 4.39 Å². The summed E-state index contributed by atoms with van der Waals surface area (Å²) in [6, 6.07) is 6.78. The highest BCUT2D eigenvalue weighted by atomic mass is 79.9. The maximum absolute atomic E-state index is 13.6. The summed E-state index contributed by atoms with van der Waals surface area (Å²) in [5, 5.41) is 3.09. The zero-order valence-electron chi connectivity index (χ0n) is 8.75. The van der Waals surface area contributed by atoms with Crippen LogP contribution in [-0.4, -0.2) is 4.98 Å². The first-order valence-electron chi connectivity index (χ1n) is 4.94. The Labute approximate surface area is 112 Å². The minimum Gasteiger partial charge on any atom is -0.378 e. The molecule has 0 saturated carbocycles. The summed E-state index contributed by atoms with van der Waals surface area (Å²) in [5.74, 6) is -0.433. The highest BCUT2D eigenvalue weighted by Crippen LogP contribution is 2.22. The van der Waals surface area contributed by atoms with Crippen LogP contribution < -0.4 is 5.32 Å². The third-order valence-corrected chi connectivity index (χ3v) is 2.92. The average molecular weight is 316 g/mol. The zero-order valence-corrected chi connectivity index (χ0v) is 11.1. The van der Waals surface area contributed by atoms with Crippen molar-refractivity contribution >= 4 is 33.2 Å². The Morgan fingerprint density at radius 2 is 2.18 bits per heavy atom. The van der Waals surface area contributed by atoms with E-state index in [0.717, 1.165) is 10.0 Å². The molecule has 0 radical (unpaired) electrons. The maximum atomic E-state index is 13.6. The lowest BCUT2D eigenvalue weighted by Gasteiger charge is -2.08. The Morgan fingerprint density at radius 3 is 2.94 bits per heavy atom. The Bertz CT molecular complexity index is 534. The fourth-order valence-corrected chi connectivity index (χ4v) is 1.98. The first-order valence-corrected chi connectivity index (χ1v) is 6.11. The number of benzene rings is 1. The van der Waals surface area contributed by atoms with Crippen LogP contribution in [0.3, 0.4) is 0 Å². The molecule has 88 valence electrons. The average Bonchev–Trinajstić information content (AvgIpc) is 2.31. The van der Waals surface area contributed by atoms with Gasteiger partial charge in [-0.2, -0.15) is 0 Å². The van der Waals surface area contributed by atoms with Crippen molar-refractivity contribution in [3.05, 3.63) is 57.5 Å². The lowest BCUT2D eigenvalue weighted by atomic mass is 10.2. The van der Waals surface area contributed by atoms with Crippen molar-refractivity contribution in [1.82, 2.24) is 4.98 Å². The summed E-state index contributed by atoms with van der Waals surface area (Å²) in [6.07, 6.45) is 3.42. The second-order valence-corrected chi connectivity index (χ2v) is 4.79. The van der Waals surface area contributed by atoms with E-state index in [1.165, 1.54) is 6.07 Å². The van der Waals surface area contributed by atoms with E-state index < -0.39 is 5.82 Å². The van der Waals surface area contributed by atoms with Crippen LogP contribution in [0.5, 0.6) is 0 Å². The van der Waals surface area contributed by atoms with E-state index in [-0.39, 0.29) is 5.02 Å². The third-order valence-electron chi connectivity index (χ3n) is 2.20. The summed E-state index contributed by atoms with van der Waals surface area (Å²) in [6.45, 7) is 0.490. The van der Waals surface area contributed by atoms with Crippen molar-refractivity contribution in [3.8, 4) is 0 Å². The third kappa shape index (κ3) is 3.17. The second kappa shape index (κ2) is 5.47. The second-order valence-electron chi connectivity index (χ2n) is 3.47. The maximum Gasteiger partial charge on any atom is 0.164 e. The molecule has 2 rings (SSSR count). The highest BCUT2D eigenvalue weighted by Gasteiger charge is 2.05. The number of aromatic nitrogens is 1. The zero-order chi connectivity index (χ0) is 12.3. The molecule has 5 heteroatoms. The summed E-state index contributed by atoms with van der Waals surface area (Å²) in [5.41, 5.74) is 1.34. The van der Waals surface area contributed by atoms with Gasteiger partial charge in [-0.25, -0.2) is 4.39 Å². The van der Waals surface area contributed by atoms with Gasteiger partial charge in [0.05, 0.1) is 10.7 Å². The number of hydrogen-bond donors (Lipinski definition) is 1. The predicted octanol–water partition coefficient (Wildman–Crippen LogP) is 4.25. The summed E-state index contributed by atoms with van der Waals surface area (Å²) in [7, 11) is 0. The molecule has 0 saturated heterocycles. The molecule has 1 N–H and O–H groups in total. The summed E-state index contributed by atoms with van der Waals surface area (Å²) in [4.78, 5) is 4.03. The van der Waals surface area contributed by atoms with Crippen LogP contribution >= 0.6 is 27.5 Å². The Morgan fingerprint density at radius 1 is 1.35 bits per heavy atom. The minimum absolute atomic E-state index is 0.113. The molecular formula is C12H9BrClFN2. The van der Waals surface area contributed by atoms with E-state index in [4.69, 9.17) is 11.6 Å². The summed E-state index contributed by atoms with van der Waals surface area (Å²) < 4.78 is 14.5. The van der Waals surface area contributed by atoms with Gasteiger partial charge in [0.15, 0.2) is 5.82 Å². The van der Waals surface area contributed by atoms with Crippen LogP contribution in [-0.2, 0) is 6.54 Å². The first-order chi connectivity index (χ1) is 8.16. The lowest BCUT2D eigenvalue weighted by molar-refractivity contribution is 0.630. The van der Waals surface area contributed by atoms with Crippen LogP contribution in [0.4, 0.5) is 10.1 Å². The van der Waals surface area contributed by atoms with E-state index in [1.54, 1.807) is 24.5 Å². The molecule has 0 atom stereocenters. The molecular weight excluding hydrogens is 307 g/mol. The predicted molar refractivity (Wildman–Crippen MR) is 70.7 cm³/mol. The Balaban J connectivity index is 2.10. The van der Waals surface area contributed by atoms with Crippen LogP contribution in [0.15, 0.2) is 41.1 Å². The standard InChI is InChI=1S/C12H9BrClFN2/c13-9-4-8(5-16-7-9)6-17-11-3-1-2-10(14)12(11)15/h1-5,7,17H,6H2. The van der Waals surface area contributed by atoms with Crippen LogP contribution in [0, 0.1) is 5.82 Å². The van der Waals surface area contributed by atoms with Crippen molar-refractivity contribution in [3.63, 3.8) is 0 Å². The molecule has 0 aliphatic rings. The van der Waals surface area contributed by atoms with Crippen LogP contribution in [0.2, 0.25) is 5.02 Å². The molecule has 0 unspecified atom stereocenters. The largest absolute Gasteiger partial charge is 0.378 e. The van der Waals surface area contributed by atoms with E-state index in [0.29, 0.717) is 12.2 Å². The molecule has 17 heavy (non-hydrogen) atoms. The topological polar surface area (TPSA) is 24.9 Å². The van der Waals surface area contributed by atoms with Gasteiger partial charge in [-0.1, -0.05) is 17.7 Å². The SMILES string of the molecule is Fc1c(Cl)cccc1NCc1cncc(Br)c1. The molecule has 0 fully saturated rings. The number of anilines is 1. The monoisotopic (exact) mass is 314 g/mol. The molecule has 0 spiro atoms. The molecule has 2 aromatic rings. The number of nitrogens with one attached hydrogen (secondary N) is 1. The molecule has 0 aliphatic carbocycles.